The number of rotatable bonds is 2. The molecule has 3 nitrogen and oxygen atoms in total. The molecular weight excluding hydrogens is 270 g/mol. The molecule has 3 heteroatoms. The van der Waals surface area contributed by atoms with Crippen LogP contribution in [0, 0.1) is 20.8 Å². The molecule has 0 atom stereocenters. The van der Waals surface area contributed by atoms with Crippen LogP contribution >= 0.6 is 0 Å². The molecule has 0 spiro atoms. The van der Waals surface area contributed by atoms with E-state index in [1.54, 1.807) is 0 Å². The Morgan fingerprint density at radius 1 is 0.955 bits per heavy atom. The van der Waals surface area contributed by atoms with Crippen molar-refractivity contribution in [2.24, 2.45) is 0 Å². The van der Waals surface area contributed by atoms with Crippen LogP contribution in [-0.2, 0) is 0 Å². The molecule has 0 bridgehead atoms. The van der Waals surface area contributed by atoms with Gasteiger partial charge in [-0.05, 0) is 61.7 Å². The van der Waals surface area contributed by atoms with Crippen molar-refractivity contribution >= 4 is 17.8 Å². The van der Waals surface area contributed by atoms with Gasteiger partial charge in [-0.25, -0.2) is 0 Å². The number of nitrogens with one attached hydrogen (secondary N) is 2. The van der Waals surface area contributed by atoms with E-state index in [2.05, 4.69) is 61.6 Å². The third-order valence-electron chi connectivity index (χ3n) is 3.92. The molecule has 0 aliphatic carbocycles. The van der Waals surface area contributed by atoms with E-state index in [1.165, 1.54) is 11.1 Å². The van der Waals surface area contributed by atoms with E-state index in [4.69, 9.17) is 5.73 Å². The Morgan fingerprint density at radius 3 is 2.14 bits per heavy atom. The van der Waals surface area contributed by atoms with Gasteiger partial charge in [-0.3, -0.25) is 0 Å². The van der Waals surface area contributed by atoms with E-state index >= 15 is 0 Å². The van der Waals surface area contributed by atoms with Crippen molar-refractivity contribution in [3.8, 4) is 0 Å². The van der Waals surface area contributed by atoms with Gasteiger partial charge in [-0.2, -0.15) is 0 Å². The van der Waals surface area contributed by atoms with Crippen LogP contribution in [0.3, 0.4) is 0 Å². The molecule has 1 aromatic carbocycles. The summed E-state index contributed by atoms with van der Waals surface area (Å²) in [6.07, 6.45) is 0. The lowest BCUT2D eigenvalue weighted by molar-refractivity contribution is 1.19. The Balaban J connectivity index is 2.40. The molecule has 0 aliphatic rings. The number of nitrogen functional groups attached to an aromatic ring is 1. The summed E-state index contributed by atoms with van der Waals surface area (Å²) < 4.78 is 0. The second kappa shape index (κ2) is 5.26. The maximum atomic E-state index is 5.84. The summed E-state index contributed by atoms with van der Waals surface area (Å²) in [5.74, 6) is 0. The summed E-state index contributed by atoms with van der Waals surface area (Å²) in [7, 11) is 0. The summed E-state index contributed by atoms with van der Waals surface area (Å²) in [6, 6.07) is 12.2. The molecule has 0 fully saturated rings. The molecule has 0 radical (unpaired) electrons. The van der Waals surface area contributed by atoms with E-state index in [0.29, 0.717) is 0 Å². The maximum Gasteiger partial charge on any atom is 0.0515 e. The molecule has 112 valence electrons. The highest BCUT2D eigenvalue weighted by molar-refractivity contribution is 5.80. The smallest absolute Gasteiger partial charge is 0.0515 e. The Kier molecular flexibility index (Phi) is 3.41. The molecule has 2 aromatic heterocycles. The van der Waals surface area contributed by atoms with Crippen molar-refractivity contribution in [2.75, 3.05) is 5.73 Å². The van der Waals surface area contributed by atoms with E-state index < -0.39 is 0 Å². The van der Waals surface area contributed by atoms with E-state index in [9.17, 15) is 0 Å². The van der Waals surface area contributed by atoms with Crippen molar-refractivity contribution in [1.29, 1.82) is 0 Å². The van der Waals surface area contributed by atoms with Crippen molar-refractivity contribution in [2.45, 2.75) is 20.8 Å². The average molecular weight is 291 g/mol. The number of aromatic amines is 2. The molecule has 0 aliphatic heterocycles. The van der Waals surface area contributed by atoms with Crippen LogP contribution < -0.4 is 16.4 Å². The van der Waals surface area contributed by atoms with Gasteiger partial charge in [0.25, 0.3) is 0 Å². The van der Waals surface area contributed by atoms with Gasteiger partial charge in [-0.15, -0.1) is 0 Å². The molecule has 4 N–H and O–H groups in total. The van der Waals surface area contributed by atoms with Crippen molar-refractivity contribution in [3.05, 3.63) is 75.2 Å². The van der Waals surface area contributed by atoms with Crippen LogP contribution in [0.4, 0.5) is 5.69 Å². The highest BCUT2D eigenvalue weighted by atomic mass is 14.7. The van der Waals surface area contributed by atoms with Crippen molar-refractivity contribution < 1.29 is 0 Å². The van der Waals surface area contributed by atoms with Gasteiger partial charge in [-0.1, -0.05) is 18.7 Å². The van der Waals surface area contributed by atoms with Gasteiger partial charge in [0.05, 0.1) is 11.0 Å². The number of nitrogens with two attached hydrogens (primary N) is 1. The summed E-state index contributed by atoms with van der Waals surface area (Å²) >= 11 is 0. The van der Waals surface area contributed by atoms with Gasteiger partial charge in [0.15, 0.2) is 0 Å². The van der Waals surface area contributed by atoms with Crippen LogP contribution in [0.2, 0.25) is 0 Å². The van der Waals surface area contributed by atoms with Crippen LogP contribution in [0.1, 0.15) is 28.1 Å². The third-order valence-corrected chi connectivity index (χ3v) is 3.92. The maximum absolute atomic E-state index is 5.84. The molecule has 2 heterocycles. The second-order valence-electron chi connectivity index (χ2n) is 5.86. The van der Waals surface area contributed by atoms with E-state index in [1.807, 2.05) is 12.1 Å². The Hall–Kier alpha value is -2.68. The SMILES string of the molecule is C=c1cc(C)/c(=C(\c2ccc(N)cc2)c2[nH]c(C)cc2C)[nH]1. The number of hydrogen-bond acceptors (Lipinski definition) is 1. The van der Waals surface area contributed by atoms with Crippen molar-refractivity contribution in [1.82, 2.24) is 9.97 Å². The fourth-order valence-electron chi connectivity index (χ4n) is 2.94. The monoisotopic (exact) mass is 291 g/mol. The quantitative estimate of drug-likeness (QED) is 0.624. The standard InChI is InChI=1S/C19H21N3/c1-11-9-13(3)21-18(11)17(15-5-7-16(20)8-6-15)19-12(2)10-14(4)22-19/h5-10,21-22H,3,20H2,1-2,4H3/b18-17-. The van der Waals surface area contributed by atoms with Gasteiger partial charge >= 0.3 is 0 Å². The highest BCUT2D eigenvalue weighted by Gasteiger charge is 2.13. The van der Waals surface area contributed by atoms with Crippen LogP contribution in [0.15, 0.2) is 36.4 Å². The predicted octanol–water partition coefficient (Wildman–Crippen LogP) is 2.51. The normalized spacial score (nSPS) is 12.5. The Labute approximate surface area is 130 Å². The highest BCUT2D eigenvalue weighted by Crippen LogP contribution is 2.24. The minimum atomic E-state index is 0.767. The molecule has 0 saturated heterocycles. The third kappa shape index (κ3) is 2.46. The lowest BCUT2D eigenvalue weighted by atomic mass is 9.99. The zero-order chi connectivity index (χ0) is 15.9. The first-order valence-electron chi connectivity index (χ1n) is 7.37. The number of aryl methyl sites for hydroxylation is 3. The van der Waals surface area contributed by atoms with Gasteiger partial charge < -0.3 is 15.7 Å². The Bertz CT molecular complexity index is 924. The number of anilines is 1. The number of H-pyrrole nitrogens is 2. The largest absolute Gasteiger partial charge is 0.399 e. The minimum absolute atomic E-state index is 0.767. The lowest BCUT2D eigenvalue weighted by Gasteiger charge is -2.09. The molecule has 0 saturated carbocycles. The first kappa shape index (κ1) is 14.3. The molecular formula is C19H21N3. The van der Waals surface area contributed by atoms with E-state index in [0.717, 1.165) is 38.9 Å². The number of hydrogen-bond donors (Lipinski definition) is 3. The summed E-state index contributed by atoms with van der Waals surface area (Å²) in [4.78, 5) is 6.88. The second-order valence-corrected chi connectivity index (χ2v) is 5.86. The van der Waals surface area contributed by atoms with Gasteiger partial charge in [0.1, 0.15) is 0 Å². The number of aromatic nitrogens is 2. The summed E-state index contributed by atoms with van der Waals surface area (Å²) in [5.41, 5.74) is 13.6. The van der Waals surface area contributed by atoms with Gasteiger partial charge in [0.2, 0.25) is 0 Å². The predicted molar refractivity (Wildman–Crippen MR) is 93.0 cm³/mol. The summed E-state index contributed by atoms with van der Waals surface area (Å²) in [5, 5.41) is 2.01. The molecule has 3 aromatic rings. The Morgan fingerprint density at radius 2 is 1.64 bits per heavy atom. The zero-order valence-corrected chi connectivity index (χ0v) is 13.2. The van der Waals surface area contributed by atoms with Crippen LogP contribution in [0.25, 0.3) is 12.2 Å². The molecule has 0 amide bonds. The fourth-order valence-corrected chi connectivity index (χ4v) is 2.94. The lowest BCUT2D eigenvalue weighted by Crippen LogP contribution is -2.16. The number of benzene rings is 1. The zero-order valence-electron chi connectivity index (χ0n) is 13.2. The molecule has 3 rings (SSSR count). The van der Waals surface area contributed by atoms with Crippen LogP contribution in [0.5, 0.6) is 0 Å². The average Bonchev–Trinajstić information content (AvgIpc) is 2.95. The topological polar surface area (TPSA) is 57.6 Å². The van der Waals surface area contributed by atoms with E-state index in [-0.39, 0.29) is 0 Å². The fraction of sp³-hybridized carbons (Fsp3) is 0.158. The molecule has 22 heavy (non-hydrogen) atoms. The van der Waals surface area contributed by atoms with Crippen LogP contribution in [-0.4, -0.2) is 9.97 Å². The van der Waals surface area contributed by atoms with Crippen molar-refractivity contribution in [3.63, 3.8) is 0 Å². The first-order chi connectivity index (χ1) is 10.5. The first-order valence-corrected chi connectivity index (χ1v) is 7.37. The molecule has 0 unspecified atom stereocenters. The summed E-state index contributed by atoms with van der Waals surface area (Å²) in [6.45, 7) is 10.3. The minimum Gasteiger partial charge on any atom is -0.399 e. The van der Waals surface area contributed by atoms with Gasteiger partial charge in [0, 0.05) is 22.3 Å².